The SMILES string of the molecule is COCc1nc(Cc2cc(C)cc(C)c2)nc(Cl)c1Br. The summed E-state index contributed by atoms with van der Waals surface area (Å²) >= 11 is 9.52. The van der Waals surface area contributed by atoms with Crippen molar-refractivity contribution < 1.29 is 4.74 Å². The van der Waals surface area contributed by atoms with Crippen LogP contribution >= 0.6 is 27.5 Å². The normalized spacial score (nSPS) is 10.8. The second-order valence-corrected chi connectivity index (χ2v) is 5.95. The summed E-state index contributed by atoms with van der Waals surface area (Å²) in [4.78, 5) is 8.83. The third-order valence-electron chi connectivity index (χ3n) is 2.85. The molecule has 0 bridgehead atoms. The number of halogens is 2. The molecule has 0 amide bonds. The lowest BCUT2D eigenvalue weighted by atomic mass is 10.0. The maximum atomic E-state index is 6.13. The van der Waals surface area contributed by atoms with E-state index in [4.69, 9.17) is 16.3 Å². The van der Waals surface area contributed by atoms with Crippen molar-refractivity contribution in [3.8, 4) is 0 Å². The highest BCUT2D eigenvalue weighted by Crippen LogP contribution is 2.24. The fourth-order valence-corrected chi connectivity index (χ4v) is 2.67. The van der Waals surface area contributed by atoms with E-state index in [0.717, 1.165) is 5.69 Å². The van der Waals surface area contributed by atoms with E-state index in [1.54, 1.807) is 7.11 Å². The Morgan fingerprint density at radius 2 is 1.80 bits per heavy atom. The first kappa shape index (κ1) is 15.4. The highest BCUT2D eigenvalue weighted by molar-refractivity contribution is 9.10. The molecule has 20 heavy (non-hydrogen) atoms. The number of ether oxygens (including phenoxy) is 1. The summed E-state index contributed by atoms with van der Waals surface area (Å²) in [6.07, 6.45) is 0.659. The van der Waals surface area contributed by atoms with Gasteiger partial charge in [0, 0.05) is 13.5 Å². The molecule has 0 aliphatic carbocycles. The van der Waals surface area contributed by atoms with Crippen molar-refractivity contribution in [1.29, 1.82) is 0 Å². The molecule has 0 saturated carbocycles. The van der Waals surface area contributed by atoms with Gasteiger partial charge in [0.15, 0.2) is 0 Å². The summed E-state index contributed by atoms with van der Waals surface area (Å²) in [5.74, 6) is 0.704. The fraction of sp³-hybridized carbons (Fsp3) is 0.333. The Labute approximate surface area is 132 Å². The lowest BCUT2D eigenvalue weighted by molar-refractivity contribution is 0.180. The smallest absolute Gasteiger partial charge is 0.147 e. The maximum Gasteiger partial charge on any atom is 0.147 e. The molecule has 0 aliphatic heterocycles. The molecule has 1 heterocycles. The Kier molecular flexibility index (Phi) is 5.13. The van der Waals surface area contributed by atoms with Crippen LogP contribution < -0.4 is 0 Å². The summed E-state index contributed by atoms with van der Waals surface area (Å²) in [7, 11) is 1.63. The minimum Gasteiger partial charge on any atom is -0.378 e. The average molecular weight is 356 g/mol. The number of methoxy groups -OCH3 is 1. The molecular formula is C15H16BrClN2O. The van der Waals surface area contributed by atoms with Gasteiger partial charge in [-0.3, -0.25) is 0 Å². The van der Waals surface area contributed by atoms with Gasteiger partial charge in [-0.25, -0.2) is 9.97 Å². The van der Waals surface area contributed by atoms with Crippen molar-refractivity contribution in [3.05, 3.63) is 56.0 Å². The number of hydrogen-bond donors (Lipinski definition) is 0. The first-order valence-electron chi connectivity index (χ1n) is 6.26. The average Bonchev–Trinajstić information content (AvgIpc) is 2.34. The predicted molar refractivity (Wildman–Crippen MR) is 84.2 cm³/mol. The van der Waals surface area contributed by atoms with Gasteiger partial charge in [0.1, 0.15) is 11.0 Å². The minimum absolute atomic E-state index is 0.405. The van der Waals surface area contributed by atoms with Crippen molar-refractivity contribution in [2.24, 2.45) is 0 Å². The van der Waals surface area contributed by atoms with Crippen molar-refractivity contribution in [3.63, 3.8) is 0 Å². The van der Waals surface area contributed by atoms with Crippen molar-refractivity contribution in [2.75, 3.05) is 7.11 Å². The second-order valence-electron chi connectivity index (χ2n) is 4.80. The van der Waals surface area contributed by atoms with Crippen LogP contribution in [0.1, 0.15) is 28.2 Å². The number of benzene rings is 1. The summed E-state index contributed by atoms with van der Waals surface area (Å²) in [5.41, 5.74) is 4.43. The van der Waals surface area contributed by atoms with Gasteiger partial charge in [-0.05, 0) is 35.3 Å². The van der Waals surface area contributed by atoms with Crippen LogP contribution in [-0.4, -0.2) is 17.1 Å². The minimum atomic E-state index is 0.405. The van der Waals surface area contributed by atoms with Crippen LogP contribution in [0.25, 0.3) is 0 Å². The molecule has 0 saturated heterocycles. The number of rotatable bonds is 4. The van der Waals surface area contributed by atoms with E-state index in [2.05, 4.69) is 57.9 Å². The second kappa shape index (κ2) is 6.66. The molecule has 0 N–H and O–H groups in total. The molecule has 0 aliphatic rings. The Morgan fingerprint density at radius 3 is 2.40 bits per heavy atom. The van der Waals surface area contributed by atoms with Gasteiger partial charge in [-0.2, -0.15) is 0 Å². The summed E-state index contributed by atoms with van der Waals surface area (Å²) in [5, 5.41) is 0.423. The lowest BCUT2D eigenvalue weighted by Crippen LogP contribution is -2.04. The number of aryl methyl sites for hydroxylation is 2. The van der Waals surface area contributed by atoms with E-state index in [1.165, 1.54) is 16.7 Å². The molecule has 0 fully saturated rings. The number of aromatic nitrogens is 2. The number of hydrogen-bond acceptors (Lipinski definition) is 3. The maximum absolute atomic E-state index is 6.13. The monoisotopic (exact) mass is 354 g/mol. The largest absolute Gasteiger partial charge is 0.378 e. The van der Waals surface area contributed by atoms with Gasteiger partial charge in [0.05, 0.1) is 16.8 Å². The Hall–Kier alpha value is -0.970. The van der Waals surface area contributed by atoms with Gasteiger partial charge >= 0.3 is 0 Å². The molecule has 0 unspecified atom stereocenters. The highest BCUT2D eigenvalue weighted by Gasteiger charge is 2.11. The van der Waals surface area contributed by atoms with Crippen molar-refractivity contribution in [1.82, 2.24) is 9.97 Å². The van der Waals surface area contributed by atoms with Crippen LogP contribution in [0.4, 0.5) is 0 Å². The molecule has 5 heteroatoms. The molecule has 2 rings (SSSR count). The Bertz CT molecular complexity index is 611. The molecule has 106 valence electrons. The van der Waals surface area contributed by atoms with Crippen LogP contribution in [0.5, 0.6) is 0 Å². The van der Waals surface area contributed by atoms with Crippen LogP contribution in [-0.2, 0) is 17.8 Å². The van der Waals surface area contributed by atoms with Gasteiger partial charge < -0.3 is 4.74 Å². The zero-order chi connectivity index (χ0) is 14.7. The van der Waals surface area contributed by atoms with E-state index < -0.39 is 0 Å². The Morgan fingerprint density at radius 1 is 1.15 bits per heavy atom. The first-order valence-corrected chi connectivity index (χ1v) is 7.43. The third kappa shape index (κ3) is 3.78. The summed E-state index contributed by atoms with van der Waals surface area (Å²) in [6, 6.07) is 6.43. The molecule has 0 radical (unpaired) electrons. The first-order chi connectivity index (χ1) is 9.49. The molecule has 1 aromatic carbocycles. The van der Waals surface area contributed by atoms with Crippen LogP contribution in [0, 0.1) is 13.8 Å². The van der Waals surface area contributed by atoms with E-state index in [-0.39, 0.29) is 0 Å². The topological polar surface area (TPSA) is 35.0 Å². The molecular weight excluding hydrogens is 340 g/mol. The quantitative estimate of drug-likeness (QED) is 0.769. The van der Waals surface area contributed by atoms with Crippen molar-refractivity contribution in [2.45, 2.75) is 26.9 Å². The van der Waals surface area contributed by atoms with Crippen LogP contribution in [0.15, 0.2) is 22.7 Å². The molecule has 0 spiro atoms. The van der Waals surface area contributed by atoms with Gasteiger partial charge in [0.25, 0.3) is 0 Å². The highest BCUT2D eigenvalue weighted by atomic mass is 79.9. The van der Waals surface area contributed by atoms with Gasteiger partial charge in [0.2, 0.25) is 0 Å². The fourth-order valence-electron chi connectivity index (χ4n) is 2.18. The van der Waals surface area contributed by atoms with E-state index in [0.29, 0.717) is 28.5 Å². The van der Waals surface area contributed by atoms with Crippen molar-refractivity contribution >= 4 is 27.5 Å². The molecule has 1 aromatic heterocycles. The number of nitrogens with zero attached hydrogens (tertiary/aromatic N) is 2. The van der Waals surface area contributed by atoms with Crippen LogP contribution in [0.3, 0.4) is 0 Å². The van der Waals surface area contributed by atoms with Gasteiger partial charge in [-0.15, -0.1) is 0 Å². The Balaban J connectivity index is 2.33. The molecule has 3 nitrogen and oxygen atoms in total. The molecule has 0 atom stereocenters. The zero-order valence-electron chi connectivity index (χ0n) is 11.7. The zero-order valence-corrected chi connectivity index (χ0v) is 14.0. The van der Waals surface area contributed by atoms with E-state index in [1.807, 2.05) is 0 Å². The predicted octanol–water partition coefficient (Wildman–Crippen LogP) is 4.25. The summed E-state index contributed by atoms with van der Waals surface area (Å²) in [6.45, 7) is 4.58. The lowest BCUT2D eigenvalue weighted by Gasteiger charge is -2.09. The van der Waals surface area contributed by atoms with E-state index in [9.17, 15) is 0 Å². The summed E-state index contributed by atoms with van der Waals surface area (Å²) < 4.78 is 5.83. The van der Waals surface area contributed by atoms with E-state index >= 15 is 0 Å². The standard InChI is InChI=1S/C15H16BrClN2O/c1-9-4-10(2)6-11(5-9)7-13-18-12(8-20-3)14(16)15(17)19-13/h4-6H,7-8H2,1-3H3. The third-order valence-corrected chi connectivity index (χ3v) is 4.19. The molecule has 2 aromatic rings. The van der Waals surface area contributed by atoms with Gasteiger partial charge in [-0.1, -0.05) is 40.9 Å². The van der Waals surface area contributed by atoms with Crippen LogP contribution in [0.2, 0.25) is 5.15 Å².